The van der Waals surface area contributed by atoms with E-state index in [9.17, 15) is 14.0 Å². The molecule has 0 spiro atoms. The summed E-state index contributed by atoms with van der Waals surface area (Å²) in [5, 5.41) is 10.4. The van der Waals surface area contributed by atoms with Crippen molar-refractivity contribution in [3.8, 4) is 22.8 Å². The molecule has 2 aromatic carbocycles. The van der Waals surface area contributed by atoms with Crippen molar-refractivity contribution in [3.05, 3.63) is 94.7 Å². The highest BCUT2D eigenvalue weighted by Gasteiger charge is 2.27. The maximum atomic E-state index is 14.6. The van der Waals surface area contributed by atoms with Crippen LogP contribution in [0.25, 0.3) is 11.1 Å². The Morgan fingerprint density at radius 1 is 0.875 bits per heavy atom. The number of carbonyl (C=O) groups excluding carboxylic acids is 2. The van der Waals surface area contributed by atoms with Gasteiger partial charge in [0.05, 0.1) is 19.4 Å². The zero-order valence-electron chi connectivity index (χ0n) is 33.1. The number of halogens is 1. The van der Waals surface area contributed by atoms with Crippen molar-refractivity contribution in [3.63, 3.8) is 0 Å². The third-order valence-electron chi connectivity index (χ3n) is 11.4. The van der Waals surface area contributed by atoms with E-state index in [1.807, 2.05) is 25.1 Å². The van der Waals surface area contributed by atoms with E-state index in [4.69, 9.17) is 9.47 Å². The number of amides is 2. The van der Waals surface area contributed by atoms with Crippen LogP contribution in [0.5, 0.6) is 11.6 Å². The molecular weight excluding hydrogens is 712 g/mol. The first kappa shape index (κ1) is 39.5. The standard InChI is InChI=1S/C43H55FN8O4/c1-29(2)52-16-14-50(15-17-52)27-31-8-13-38(33(23-31)28-51-18-20-55-21-19-51)32-6-5-7-37(24-32)56-43-39(25-34(44)26-45-43)41(53)46-35-9-11-36(12-10-35)47-42(54)40-22-30(3)49(4)48-40/h5-8,13,22-26,29,35-36H,9-12,14-21,27-28H2,1-4H3,(H,46,53)(H,47,54). The van der Waals surface area contributed by atoms with Gasteiger partial charge in [0.25, 0.3) is 11.8 Å². The van der Waals surface area contributed by atoms with Crippen molar-refractivity contribution in [1.82, 2.24) is 40.1 Å². The Morgan fingerprint density at radius 2 is 1.57 bits per heavy atom. The number of benzene rings is 2. The molecule has 56 heavy (non-hydrogen) atoms. The number of ether oxygens (including phenoxy) is 2. The Bertz CT molecular complexity index is 1960. The number of carbonyl (C=O) groups is 2. The molecule has 1 aliphatic carbocycles. The van der Waals surface area contributed by atoms with E-state index in [0.717, 1.165) is 88.6 Å². The van der Waals surface area contributed by atoms with Crippen molar-refractivity contribution in [2.24, 2.45) is 7.05 Å². The Labute approximate surface area is 329 Å². The second kappa shape index (κ2) is 18.1. The van der Waals surface area contributed by atoms with Gasteiger partial charge in [0.15, 0.2) is 0 Å². The van der Waals surface area contributed by atoms with E-state index < -0.39 is 11.7 Å². The highest BCUT2D eigenvalue weighted by atomic mass is 19.1. The van der Waals surface area contributed by atoms with Gasteiger partial charge in [0.2, 0.25) is 5.88 Å². The number of hydrogen-bond donors (Lipinski definition) is 2. The molecular formula is C43H55FN8O4. The number of morpholine rings is 1. The van der Waals surface area contributed by atoms with Crippen LogP contribution in [-0.4, -0.2) is 112 Å². The molecule has 12 nitrogen and oxygen atoms in total. The first-order valence-electron chi connectivity index (χ1n) is 20.0. The van der Waals surface area contributed by atoms with Gasteiger partial charge in [0.1, 0.15) is 22.8 Å². The van der Waals surface area contributed by atoms with Crippen molar-refractivity contribution in [1.29, 1.82) is 0 Å². The predicted octanol–water partition coefficient (Wildman–Crippen LogP) is 5.55. The maximum absolute atomic E-state index is 14.6. The molecule has 0 unspecified atom stereocenters. The number of rotatable bonds is 12. The molecule has 0 atom stereocenters. The lowest BCUT2D eigenvalue weighted by Crippen LogP contribution is -2.48. The molecule has 2 N–H and O–H groups in total. The fourth-order valence-electron chi connectivity index (χ4n) is 7.94. The highest BCUT2D eigenvalue weighted by Crippen LogP contribution is 2.32. The summed E-state index contributed by atoms with van der Waals surface area (Å²) in [6.45, 7) is 15.7. The number of aromatic nitrogens is 3. The van der Waals surface area contributed by atoms with Gasteiger partial charge in [-0.15, -0.1) is 0 Å². The minimum Gasteiger partial charge on any atom is -0.438 e. The van der Waals surface area contributed by atoms with E-state index >= 15 is 0 Å². The van der Waals surface area contributed by atoms with Crippen LogP contribution in [0.3, 0.4) is 0 Å². The lowest BCUT2D eigenvalue weighted by atomic mass is 9.91. The fourth-order valence-corrected chi connectivity index (χ4v) is 7.94. The minimum atomic E-state index is -0.623. The summed E-state index contributed by atoms with van der Waals surface area (Å²) in [4.78, 5) is 38.1. The molecule has 3 aliphatic rings. The molecule has 13 heteroatoms. The summed E-state index contributed by atoms with van der Waals surface area (Å²) in [5.74, 6) is -0.737. The molecule has 3 fully saturated rings. The van der Waals surface area contributed by atoms with Gasteiger partial charge < -0.3 is 20.1 Å². The minimum absolute atomic E-state index is 0.0173. The third kappa shape index (κ3) is 9.99. The van der Waals surface area contributed by atoms with Gasteiger partial charge >= 0.3 is 0 Å². The lowest BCUT2D eigenvalue weighted by Gasteiger charge is -2.37. The molecule has 1 saturated carbocycles. The van der Waals surface area contributed by atoms with E-state index in [-0.39, 0.29) is 29.4 Å². The van der Waals surface area contributed by atoms with E-state index in [0.29, 0.717) is 43.2 Å². The van der Waals surface area contributed by atoms with E-state index in [1.165, 1.54) is 17.2 Å². The number of hydrogen-bond acceptors (Lipinski definition) is 9. The summed E-state index contributed by atoms with van der Waals surface area (Å²) in [6, 6.07) is 17.9. The molecule has 2 aliphatic heterocycles. The molecule has 4 aromatic rings. The molecule has 2 saturated heterocycles. The van der Waals surface area contributed by atoms with Gasteiger partial charge in [-0.25, -0.2) is 9.37 Å². The summed E-state index contributed by atoms with van der Waals surface area (Å²) in [7, 11) is 1.81. The van der Waals surface area contributed by atoms with E-state index in [2.05, 4.69) is 73.5 Å². The van der Waals surface area contributed by atoms with Crippen LogP contribution >= 0.6 is 0 Å². The zero-order chi connectivity index (χ0) is 39.2. The summed E-state index contributed by atoms with van der Waals surface area (Å²) < 4.78 is 28.1. The lowest BCUT2D eigenvalue weighted by molar-refractivity contribution is 0.0342. The summed E-state index contributed by atoms with van der Waals surface area (Å²) >= 11 is 0. The maximum Gasteiger partial charge on any atom is 0.272 e. The smallest absolute Gasteiger partial charge is 0.272 e. The van der Waals surface area contributed by atoms with Crippen LogP contribution in [0.1, 0.15) is 77.2 Å². The highest BCUT2D eigenvalue weighted by molar-refractivity contribution is 5.96. The van der Waals surface area contributed by atoms with Crippen LogP contribution in [0.15, 0.2) is 60.8 Å². The van der Waals surface area contributed by atoms with Crippen molar-refractivity contribution >= 4 is 11.8 Å². The van der Waals surface area contributed by atoms with Gasteiger partial charge in [-0.1, -0.05) is 30.3 Å². The van der Waals surface area contributed by atoms with Gasteiger partial charge in [-0.05, 0) is 93.0 Å². The molecule has 0 bridgehead atoms. The average Bonchev–Trinajstić information content (AvgIpc) is 3.54. The van der Waals surface area contributed by atoms with Crippen molar-refractivity contribution < 1.29 is 23.5 Å². The Kier molecular flexibility index (Phi) is 12.7. The van der Waals surface area contributed by atoms with E-state index in [1.54, 1.807) is 17.8 Å². The zero-order valence-corrected chi connectivity index (χ0v) is 33.1. The summed E-state index contributed by atoms with van der Waals surface area (Å²) in [6.07, 6.45) is 3.79. The van der Waals surface area contributed by atoms with Gasteiger partial charge in [-0.3, -0.25) is 29.0 Å². The van der Waals surface area contributed by atoms with Crippen LogP contribution < -0.4 is 15.4 Å². The monoisotopic (exact) mass is 766 g/mol. The molecule has 298 valence electrons. The Morgan fingerprint density at radius 3 is 2.25 bits per heavy atom. The van der Waals surface area contributed by atoms with Gasteiger partial charge in [-0.2, -0.15) is 5.10 Å². The number of piperazine rings is 1. The number of aryl methyl sites for hydroxylation is 2. The van der Waals surface area contributed by atoms with Crippen molar-refractivity contribution in [2.75, 3.05) is 52.5 Å². The molecule has 2 amide bonds. The fraction of sp³-hybridized carbons (Fsp3) is 0.488. The molecule has 4 heterocycles. The Balaban J connectivity index is 1.02. The number of pyridine rings is 1. The molecule has 0 radical (unpaired) electrons. The number of nitrogens with one attached hydrogen (secondary N) is 2. The van der Waals surface area contributed by atoms with Crippen LogP contribution in [0.2, 0.25) is 0 Å². The second-order valence-electron chi connectivity index (χ2n) is 15.7. The first-order chi connectivity index (χ1) is 27.1. The number of nitrogens with zero attached hydrogens (tertiary/aromatic N) is 6. The van der Waals surface area contributed by atoms with Gasteiger partial charge in [0, 0.05) is 83.2 Å². The third-order valence-corrected chi connectivity index (χ3v) is 11.4. The normalized spacial score (nSPS) is 19.9. The summed E-state index contributed by atoms with van der Waals surface area (Å²) in [5.41, 5.74) is 5.97. The second-order valence-corrected chi connectivity index (χ2v) is 15.7. The van der Waals surface area contributed by atoms with Crippen LogP contribution in [0.4, 0.5) is 4.39 Å². The first-order valence-corrected chi connectivity index (χ1v) is 20.0. The predicted molar refractivity (Wildman–Crippen MR) is 213 cm³/mol. The molecule has 2 aromatic heterocycles. The average molecular weight is 767 g/mol. The quantitative estimate of drug-likeness (QED) is 0.192. The largest absolute Gasteiger partial charge is 0.438 e. The van der Waals surface area contributed by atoms with Crippen LogP contribution in [0, 0.1) is 12.7 Å². The SMILES string of the molecule is Cc1cc(C(=O)NC2CCC(NC(=O)c3cc(F)cnc3Oc3cccc(-c4ccc(CN5CCN(C(C)C)CC5)cc4CN4CCOCC4)c3)CC2)nn1C. The van der Waals surface area contributed by atoms with Crippen LogP contribution in [-0.2, 0) is 24.9 Å². The Hall–Kier alpha value is -4.69. The molecule has 7 rings (SSSR count). The topological polar surface area (TPSA) is 117 Å². The van der Waals surface area contributed by atoms with Crippen molar-refractivity contribution in [2.45, 2.75) is 77.7 Å².